The summed E-state index contributed by atoms with van der Waals surface area (Å²) in [5, 5.41) is 14.2. The summed E-state index contributed by atoms with van der Waals surface area (Å²) in [5.74, 6) is 0.427. The molecule has 2 aromatic heterocycles. The van der Waals surface area contributed by atoms with E-state index in [1.807, 2.05) is 0 Å². The molecule has 1 atom stereocenters. The minimum absolute atomic E-state index is 0.270. The summed E-state index contributed by atoms with van der Waals surface area (Å²) in [7, 11) is 0. The van der Waals surface area contributed by atoms with E-state index < -0.39 is 6.10 Å². The van der Waals surface area contributed by atoms with Crippen LogP contribution in [0.25, 0.3) is 0 Å². The number of nitrogen functional groups attached to an aromatic ring is 1. The molecule has 0 bridgehead atoms. The molecule has 0 aromatic carbocycles. The minimum Gasteiger partial charge on any atom is -0.458 e. The Bertz CT molecular complexity index is 527. The van der Waals surface area contributed by atoms with E-state index in [2.05, 4.69) is 20.4 Å². The van der Waals surface area contributed by atoms with Gasteiger partial charge in [0.1, 0.15) is 17.6 Å². The molecule has 0 aliphatic carbocycles. The summed E-state index contributed by atoms with van der Waals surface area (Å²) in [6.45, 7) is 0.358. The number of halogens is 1. The Labute approximate surface area is 107 Å². The SMILES string of the molecule is Nc1[nH]ncc1CC(OC=O)c1ccc(Cl)nn1. The first kappa shape index (κ1) is 12.3. The number of carbonyl (C=O) groups is 1. The fraction of sp³-hybridized carbons (Fsp3) is 0.200. The number of nitrogens with one attached hydrogen (secondary N) is 1. The van der Waals surface area contributed by atoms with Crippen molar-refractivity contribution in [2.24, 2.45) is 0 Å². The van der Waals surface area contributed by atoms with Crippen LogP contribution < -0.4 is 5.73 Å². The van der Waals surface area contributed by atoms with Crippen LogP contribution in [0.15, 0.2) is 18.3 Å². The van der Waals surface area contributed by atoms with Crippen molar-refractivity contribution in [2.45, 2.75) is 12.5 Å². The van der Waals surface area contributed by atoms with Gasteiger partial charge in [-0.05, 0) is 12.1 Å². The zero-order valence-corrected chi connectivity index (χ0v) is 9.96. The third-order valence-electron chi connectivity index (χ3n) is 2.36. The first-order valence-electron chi connectivity index (χ1n) is 5.06. The van der Waals surface area contributed by atoms with E-state index in [9.17, 15) is 4.79 Å². The summed E-state index contributed by atoms with van der Waals surface area (Å²) >= 11 is 5.64. The van der Waals surface area contributed by atoms with E-state index in [1.165, 1.54) is 0 Å². The monoisotopic (exact) mass is 267 g/mol. The van der Waals surface area contributed by atoms with Gasteiger partial charge < -0.3 is 10.5 Å². The highest BCUT2D eigenvalue weighted by Gasteiger charge is 2.17. The molecule has 8 heteroatoms. The Kier molecular flexibility index (Phi) is 3.73. The van der Waals surface area contributed by atoms with Gasteiger partial charge in [-0.25, -0.2) is 0 Å². The van der Waals surface area contributed by atoms with Crippen LogP contribution in [0.4, 0.5) is 5.82 Å². The first-order chi connectivity index (χ1) is 8.70. The second kappa shape index (κ2) is 5.46. The fourth-order valence-corrected chi connectivity index (χ4v) is 1.57. The van der Waals surface area contributed by atoms with E-state index in [0.717, 1.165) is 5.56 Å². The van der Waals surface area contributed by atoms with Crippen LogP contribution in [0.1, 0.15) is 17.4 Å². The molecule has 0 radical (unpaired) electrons. The lowest BCUT2D eigenvalue weighted by Crippen LogP contribution is -2.10. The number of nitrogens with zero attached hydrogens (tertiary/aromatic N) is 3. The average molecular weight is 268 g/mol. The number of hydrogen-bond donors (Lipinski definition) is 2. The molecule has 2 heterocycles. The molecule has 1 unspecified atom stereocenters. The molecule has 0 aliphatic heterocycles. The van der Waals surface area contributed by atoms with E-state index in [0.29, 0.717) is 24.4 Å². The Hall–Kier alpha value is -2.15. The summed E-state index contributed by atoms with van der Waals surface area (Å²) in [5.41, 5.74) is 6.90. The maximum absolute atomic E-state index is 10.5. The second-order valence-corrected chi connectivity index (χ2v) is 3.90. The standard InChI is InChI=1S/C10H10ClN5O2/c11-9-2-1-7(14-15-9)8(18-5-17)3-6-4-13-16-10(6)12/h1-2,4-5,8H,3H2,(H3,12,13,16). The van der Waals surface area contributed by atoms with Crippen molar-refractivity contribution < 1.29 is 9.53 Å². The van der Waals surface area contributed by atoms with Gasteiger partial charge in [-0.3, -0.25) is 9.89 Å². The Balaban J connectivity index is 2.20. The maximum atomic E-state index is 10.5. The lowest BCUT2D eigenvalue weighted by atomic mass is 10.1. The summed E-state index contributed by atoms with van der Waals surface area (Å²) in [6.07, 6.45) is 1.35. The lowest BCUT2D eigenvalue weighted by molar-refractivity contribution is -0.134. The van der Waals surface area contributed by atoms with Crippen LogP contribution in [0, 0.1) is 0 Å². The topological polar surface area (TPSA) is 107 Å². The molecule has 0 amide bonds. The molecule has 0 aliphatic rings. The molecule has 7 nitrogen and oxygen atoms in total. The van der Waals surface area contributed by atoms with Gasteiger partial charge >= 0.3 is 0 Å². The van der Waals surface area contributed by atoms with Crippen LogP contribution in [-0.4, -0.2) is 26.9 Å². The molecule has 94 valence electrons. The second-order valence-electron chi connectivity index (χ2n) is 3.51. The zero-order valence-electron chi connectivity index (χ0n) is 9.21. The molecule has 0 spiro atoms. The van der Waals surface area contributed by atoms with Gasteiger partial charge in [0.15, 0.2) is 5.15 Å². The van der Waals surface area contributed by atoms with Gasteiger partial charge in [0.25, 0.3) is 6.47 Å². The van der Waals surface area contributed by atoms with E-state index in [1.54, 1.807) is 18.3 Å². The van der Waals surface area contributed by atoms with Crippen molar-refractivity contribution in [3.05, 3.63) is 34.7 Å². The van der Waals surface area contributed by atoms with Crippen molar-refractivity contribution >= 4 is 23.9 Å². The van der Waals surface area contributed by atoms with Crippen LogP contribution in [0.3, 0.4) is 0 Å². The number of anilines is 1. The van der Waals surface area contributed by atoms with Crippen LogP contribution in [0.2, 0.25) is 5.15 Å². The van der Waals surface area contributed by atoms with Crippen molar-refractivity contribution in [1.29, 1.82) is 0 Å². The van der Waals surface area contributed by atoms with Crippen LogP contribution >= 0.6 is 11.6 Å². The highest BCUT2D eigenvalue weighted by atomic mass is 35.5. The van der Waals surface area contributed by atoms with Gasteiger partial charge in [0.05, 0.1) is 6.20 Å². The normalized spacial score (nSPS) is 12.1. The number of nitrogens with two attached hydrogens (primary N) is 1. The van der Waals surface area contributed by atoms with Crippen LogP contribution in [0.5, 0.6) is 0 Å². The molecule has 0 fully saturated rings. The number of rotatable bonds is 5. The van der Waals surface area contributed by atoms with E-state index >= 15 is 0 Å². The number of aromatic amines is 1. The molecule has 18 heavy (non-hydrogen) atoms. The highest BCUT2D eigenvalue weighted by Crippen LogP contribution is 2.22. The van der Waals surface area contributed by atoms with Crippen molar-refractivity contribution in [3.8, 4) is 0 Å². The van der Waals surface area contributed by atoms with Gasteiger partial charge in [0.2, 0.25) is 0 Å². The summed E-state index contributed by atoms with van der Waals surface area (Å²) < 4.78 is 4.97. The van der Waals surface area contributed by atoms with Crippen molar-refractivity contribution in [2.75, 3.05) is 5.73 Å². The fourth-order valence-electron chi connectivity index (χ4n) is 1.47. The smallest absolute Gasteiger partial charge is 0.293 e. The molecule has 0 saturated heterocycles. The van der Waals surface area contributed by atoms with E-state index in [4.69, 9.17) is 22.1 Å². The largest absolute Gasteiger partial charge is 0.458 e. The maximum Gasteiger partial charge on any atom is 0.293 e. The van der Waals surface area contributed by atoms with Gasteiger partial charge in [-0.1, -0.05) is 11.6 Å². The number of ether oxygens (including phenoxy) is 1. The molecule has 2 aromatic rings. The Morgan fingerprint density at radius 1 is 1.50 bits per heavy atom. The average Bonchev–Trinajstić information content (AvgIpc) is 2.76. The predicted molar refractivity (Wildman–Crippen MR) is 63.6 cm³/mol. The van der Waals surface area contributed by atoms with Crippen LogP contribution in [-0.2, 0) is 16.0 Å². The molecular formula is C10H10ClN5O2. The molecule has 3 N–H and O–H groups in total. The number of H-pyrrole nitrogens is 1. The minimum atomic E-state index is -0.577. The van der Waals surface area contributed by atoms with Crippen molar-refractivity contribution in [3.63, 3.8) is 0 Å². The lowest BCUT2D eigenvalue weighted by Gasteiger charge is -2.13. The third kappa shape index (κ3) is 2.75. The van der Waals surface area contributed by atoms with Crippen molar-refractivity contribution in [1.82, 2.24) is 20.4 Å². The number of carbonyl (C=O) groups excluding carboxylic acids is 1. The Morgan fingerprint density at radius 2 is 2.33 bits per heavy atom. The number of hydrogen-bond acceptors (Lipinski definition) is 6. The quantitative estimate of drug-likeness (QED) is 0.779. The molecular weight excluding hydrogens is 258 g/mol. The zero-order chi connectivity index (χ0) is 13.0. The molecule has 0 saturated carbocycles. The first-order valence-corrected chi connectivity index (χ1v) is 5.44. The third-order valence-corrected chi connectivity index (χ3v) is 2.56. The summed E-state index contributed by atoms with van der Waals surface area (Å²) in [6, 6.07) is 3.21. The number of aromatic nitrogens is 4. The Morgan fingerprint density at radius 3 is 2.89 bits per heavy atom. The molecule has 2 rings (SSSR count). The van der Waals surface area contributed by atoms with E-state index in [-0.39, 0.29) is 5.15 Å². The van der Waals surface area contributed by atoms with Gasteiger partial charge in [-0.15, -0.1) is 5.10 Å². The summed E-state index contributed by atoms with van der Waals surface area (Å²) in [4.78, 5) is 10.5. The van der Waals surface area contributed by atoms with Gasteiger partial charge in [0, 0.05) is 12.0 Å². The van der Waals surface area contributed by atoms with Gasteiger partial charge in [-0.2, -0.15) is 10.2 Å². The predicted octanol–water partition coefficient (Wildman–Crippen LogP) is 0.892. The highest BCUT2D eigenvalue weighted by molar-refractivity contribution is 6.29.